The van der Waals surface area contributed by atoms with Crippen molar-refractivity contribution in [3.63, 3.8) is 0 Å². The molecule has 1 heterocycles. The van der Waals surface area contributed by atoms with Gasteiger partial charge in [0.05, 0.1) is 19.9 Å². The average molecular weight is 303 g/mol. The normalized spacial score (nSPS) is 10.0. The first-order chi connectivity index (χ1) is 10.1. The predicted molar refractivity (Wildman–Crippen MR) is 87.0 cm³/mol. The zero-order valence-electron chi connectivity index (χ0n) is 11.9. The number of pyridine rings is 1. The number of hydrogen-bond donors (Lipinski definition) is 2. The van der Waals surface area contributed by atoms with Crippen LogP contribution in [0.1, 0.15) is 11.3 Å². The van der Waals surface area contributed by atoms with Crippen molar-refractivity contribution in [2.24, 2.45) is 5.73 Å². The molecular formula is C15H17N3O2S. The van der Waals surface area contributed by atoms with E-state index >= 15 is 0 Å². The van der Waals surface area contributed by atoms with Crippen LogP contribution in [0, 0.1) is 0 Å². The first kappa shape index (κ1) is 15.1. The number of aromatic nitrogens is 1. The number of anilines is 1. The largest absolute Gasteiger partial charge is 0.497 e. The molecule has 0 aliphatic carbocycles. The molecular weight excluding hydrogens is 286 g/mol. The fourth-order valence-corrected chi connectivity index (χ4v) is 1.98. The molecule has 21 heavy (non-hydrogen) atoms. The average Bonchev–Trinajstić information content (AvgIpc) is 2.53. The summed E-state index contributed by atoms with van der Waals surface area (Å²) in [5.74, 6) is 1.53. The van der Waals surface area contributed by atoms with E-state index in [9.17, 15) is 0 Å². The fraction of sp³-hybridized carbons (Fsp3) is 0.200. The molecule has 1 aromatic heterocycles. The lowest BCUT2D eigenvalue weighted by Crippen LogP contribution is -2.12. The summed E-state index contributed by atoms with van der Waals surface area (Å²) in [6.07, 6.45) is 1.67. The molecule has 6 heteroatoms. The van der Waals surface area contributed by atoms with E-state index in [0.717, 1.165) is 22.7 Å². The van der Waals surface area contributed by atoms with Gasteiger partial charge in [-0.05, 0) is 24.3 Å². The van der Waals surface area contributed by atoms with Crippen molar-refractivity contribution >= 4 is 22.9 Å². The van der Waals surface area contributed by atoms with Crippen molar-refractivity contribution in [1.29, 1.82) is 0 Å². The monoisotopic (exact) mass is 303 g/mol. The van der Waals surface area contributed by atoms with Gasteiger partial charge in [0, 0.05) is 30.1 Å². The Morgan fingerprint density at radius 2 is 2.05 bits per heavy atom. The Hall–Kier alpha value is -2.34. The summed E-state index contributed by atoms with van der Waals surface area (Å²) < 4.78 is 10.5. The standard InChI is InChI=1S/C15H17N3O2S/c1-19-12-4-3-10(14(8-12)20-2)9-18-11-5-6-17-13(7-11)15(16)21/h3-8H,9H2,1-2H3,(H2,16,21)(H,17,18). The molecule has 1 aromatic carbocycles. The second-order valence-corrected chi connectivity index (χ2v) is 4.77. The summed E-state index contributed by atoms with van der Waals surface area (Å²) in [5, 5.41) is 3.29. The molecule has 0 amide bonds. The van der Waals surface area contributed by atoms with Crippen LogP contribution < -0.4 is 20.5 Å². The summed E-state index contributed by atoms with van der Waals surface area (Å²) in [6.45, 7) is 0.605. The number of hydrogen-bond acceptors (Lipinski definition) is 5. The van der Waals surface area contributed by atoms with Crippen molar-refractivity contribution in [2.45, 2.75) is 6.54 Å². The number of nitrogens with two attached hydrogens (primary N) is 1. The number of ether oxygens (including phenoxy) is 2. The van der Waals surface area contributed by atoms with Gasteiger partial charge < -0.3 is 20.5 Å². The van der Waals surface area contributed by atoms with Gasteiger partial charge in [0.15, 0.2) is 0 Å². The number of thiocarbonyl (C=S) groups is 1. The Labute approximate surface area is 129 Å². The highest BCUT2D eigenvalue weighted by Gasteiger charge is 2.06. The van der Waals surface area contributed by atoms with E-state index in [1.165, 1.54) is 0 Å². The van der Waals surface area contributed by atoms with Crippen molar-refractivity contribution < 1.29 is 9.47 Å². The van der Waals surface area contributed by atoms with E-state index in [4.69, 9.17) is 27.4 Å². The zero-order valence-corrected chi connectivity index (χ0v) is 12.7. The molecule has 2 aromatic rings. The second-order valence-electron chi connectivity index (χ2n) is 4.33. The SMILES string of the molecule is COc1ccc(CNc2ccnc(C(N)=S)c2)c(OC)c1. The highest BCUT2D eigenvalue weighted by Crippen LogP contribution is 2.25. The van der Waals surface area contributed by atoms with Gasteiger partial charge in [0.25, 0.3) is 0 Å². The minimum absolute atomic E-state index is 0.278. The lowest BCUT2D eigenvalue weighted by atomic mass is 10.2. The predicted octanol–water partition coefficient (Wildman–Crippen LogP) is 2.35. The van der Waals surface area contributed by atoms with Gasteiger partial charge in [-0.15, -0.1) is 0 Å². The molecule has 0 bridgehead atoms. The molecule has 0 fully saturated rings. The highest BCUT2D eigenvalue weighted by molar-refractivity contribution is 7.80. The lowest BCUT2D eigenvalue weighted by Gasteiger charge is -2.12. The third kappa shape index (κ3) is 3.82. The molecule has 5 nitrogen and oxygen atoms in total. The van der Waals surface area contributed by atoms with Crippen LogP contribution in [0.25, 0.3) is 0 Å². The topological polar surface area (TPSA) is 69.4 Å². The molecule has 0 spiro atoms. The third-order valence-electron chi connectivity index (χ3n) is 2.99. The number of rotatable bonds is 6. The Kier molecular flexibility index (Phi) is 4.94. The summed E-state index contributed by atoms with van der Waals surface area (Å²) in [6, 6.07) is 9.38. The Bertz CT molecular complexity index is 647. The first-order valence-corrected chi connectivity index (χ1v) is 6.75. The van der Waals surface area contributed by atoms with Crippen LogP contribution in [-0.2, 0) is 6.54 Å². The Balaban J connectivity index is 2.12. The molecule has 110 valence electrons. The van der Waals surface area contributed by atoms with Crippen LogP contribution in [0.3, 0.4) is 0 Å². The molecule has 0 saturated heterocycles. The van der Waals surface area contributed by atoms with Crippen molar-refractivity contribution in [2.75, 3.05) is 19.5 Å². The summed E-state index contributed by atoms with van der Waals surface area (Å²) >= 11 is 4.92. The smallest absolute Gasteiger partial charge is 0.127 e. The summed E-state index contributed by atoms with van der Waals surface area (Å²) in [7, 11) is 3.26. The minimum atomic E-state index is 0.278. The van der Waals surface area contributed by atoms with Gasteiger partial charge in [-0.3, -0.25) is 4.98 Å². The van der Waals surface area contributed by atoms with E-state index in [0.29, 0.717) is 12.2 Å². The Morgan fingerprint density at radius 3 is 2.71 bits per heavy atom. The van der Waals surface area contributed by atoms with Crippen molar-refractivity contribution in [3.8, 4) is 11.5 Å². The molecule has 0 saturated carbocycles. The van der Waals surface area contributed by atoms with Crippen LogP contribution in [-0.4, -0.2) is 24.2 Å². The van der Waals surface area contributed by atoms with Crippen LogP contribution in [0.4, 0.5) is 5.69 Å². The van der Waals surface area contributed by atoms with Crippen LogP contribution in [0.2, 0.25) is 0 Å². The summed E-state index contributed by atoms with van der Waals surface area (Å²) in [5.41, 5.74) is 8.08. The Morgan fingerprint density at radius 1 is 1.24 bits per heavy atom. The number of methoxy groups -OCH3 is 2. The van der Waals surface area contributed by atoms with Crippen molar-refractivity contribution in [3.05, 3.63) is 47.8 Å². The first-order valence-electron chi connectivity index (χ1n) is 6.34. The molecule has 0 unspecified atom stereocenters. The highest BCUT2D eigenvalue weighted by atomic mass is 32.1. The van der Waals surface area contributed by atoms with Gasteiger partial charge in [0.1, 0.15) is 16.5 Å². The maximum atomic E-state index is 5.57. The molecule has 0 aliphatic rings. The van der Waals surface area contributed by atoms with Gasteiger partial charge in [-0.2, -0.15) is 0 Å². The molecule has 0 aliphatic heterocycles. The number of nitrogens with zero attached hydrogens (tertiary/aromatic N) is 1. The molecule has 2 rings (SSSR count). The number of nitrogens with one attached hydrogen (secondary N) is 1. The van der Waals surface area contributed by atoms with Gasteiger partial charge >= 0.3 is 0 Å². The number of benzene rings is 1. The van der Waals surface area contributed by atoms with Crippen molar-refractivity contribution in [1.82, 2.24) is 4.98 Å². The quantitative estimate of drug-likeness (QED) is 0.798. The van der Waals surface area contributed by atoms with Gasteiger partial charge in [-0.1, -0.05) is 12.2 Å². The van der Waals surface area contributed by atoms with Gasteiger partial charge in [0.2, 0.25) is 0 Å². The molecule has 3 N–H and O–H groups in total. The third-order valence-corrected chi connectivity index (χ3v) is 3.20. The summed E-state index contributed by atoms with van der Waals surface area (Å²) in [4.78, 5) is 4.38. The maximum Gasteiger partial charge on any atom is 0.127 e. The van der Waals surface area contributed by atoms with E-state index in [-0.39, 0.29) is 4.99 Å². The maximum absolute atomic E-state index is 5.57. The van der Waals surface area contributed by atoms with Gasteiger partial charge in [-0.25, -0.2) is 0 Å². The van der Waals surface area contributed by atoms with E-state index in [1.807, 2.05) is 30.3 Å². The second kappa shape index (κ2) is 6.90. The minimum Gasteiger partial charge on any atom is -0.497 e. The molecule has 0 radical (unpaired) electrons. The van der Waals surface area contributed by atoms with E-state index in [1.54, 1.807) is 20.4 Å². The lowest BCUT2D eigenvalue weighted by molar-refractivity contribution is 0.391. The zero-order chi connectivity index (χ0) is 15.2. The molecule has 0 atom stereocenters. The fourth-order valence-electron chi connectivity index (χ4n) is 1.87. The van der Waals surface area contributed by atoms with E-state index < -0.39 is 0 Å². The van der Waals surface area contributed by atoms with Crippen LogP contribution >= 0.6 is 12.2 Å². The van der Waals surface area contributed by atoms with Crippen LogP contribution in [0.5, 0.6) is 11.5 Å². The van der Waals surface area contributed by atoms with E-state index in [2.05, 4.69) is 10.3 Å². The van der Waals surface area contributed by atoms with Crippen LogP contribution in [0.15, 0.2) is 36.5 Å².